The van der Waals surface area contributed by atoms with Gasteiger partial charge < -0.3 is 59.0 Å². The van der Waals surface area contributed by atoms with Crippen molar-refractivity contribution in [1.82, 2.24) is 40.0 Å². The van der Waals surface area contributed by atoms with Crippen molar-refractivity contribution in [3.8, 4) is 23.5 Å². The fourth-order valence-electron chi connectivity index (χ4n) is 12.6. The third-order valence-electron chi connectivity index (χ3n) is 16.8. The summed E-state index contributed by atoms with van der Waals surface area (Å²) in [6.07, 6.45) is 7.54. The lowest BCUT2D eigenvalue weighted by Gasteiger charge is -2.38. The summed E-state index contributed by atoms with van der Waals surface area (Å²) >= 11 is 0. The van der Waals surface area contributed by atoms with Crippen LogP contribution in [0.1, 0.15) is 48.2 Å². The number of rotatable bonds is 17. The molecule has 0 spiro atoms. The van der Waals surface area contributed by atoms with Crippen LogP contribution in [-0.2, 0) is 40.2 Å². The van der Waals surface area contributed by atoms with E-state index in [0.29, 0.717) is 83.2 Å². The molecule has 2 aromatic heterocycles. The first kappa shape index (κ1) is 54.9. The molecule has 0 bridgehead atoms. The summed E-state index contributed by atoms with van der Waals surface area (Å²) in [5.41, 5.74) is 6.36. The molecular weight excluding hydrogens is 1010 g/mol. The third-order valence-corrected chi connectivity index (χ3v) is 16.8. The number of carbonyl (C=O) groups is 1. The molecule has 6 aliphatic heterocycles. The van der Waals surface area contributed by atoms with Gasteiger partial charge >= 0.3 is 12.0 Å². The van der Waals surface area contributed by atoms with E-state index in [1.165, 1.54) is 18.1 Å². The van der Waals surface area contributed by atoms with Gasteiger partial charge in [-0.25, -0.2) is 0 Å². The minimum atomic E-state index is -0.0352. The van der Waals surface area contributed by atoms with Crippen molar-refractivity contribution in [3.63, 3.8) is 0 Å². The molecule has 0 radical (unpaired) electrons. The Morgan fingerprint density at radius 1 is 0.613 bits per heavy atom. The van der Waals surface area contributed by atoms with E-state index in [1.54, 1.807) is 20.3 Å². The van der Waals surface area contributed by atoms with Gasteiger partial charge in [0.25, 0.3) is 0 Å². The molecule has 6 aliphatic rings. The zero-order valence-corrected chi connectivity index (χ0v) is 46.6. The van der Waals surface area contributed by atoms with E-state index in [1.807, 2.05) is 53.4 Å². The van der Waals surface area contributed by atoms with Gasteiger partial charge in [0.2, 0.25) is 5.91 Å². The second-order valence-electron chi connectivity index (χ2n) is 21.8. The van der Waals surface area contributed by atoms with Gasteiger partial charge in [-0.3, -0.25) is 14.6 Å². The Morgan fingerprint density at radius 2 is 1.09 bits per heavy atom. The lowest BCUT2D eigenvalue weighted by molar-refractivity contribution is -0.126. The first-order valence-corrected chi connectivity index (χ1v) is 28.8. The average molecular weight is 1090 g/mol. The van der Waals surface area contributed by atoms with Gasteiger partial charge in [-0.15, -0.1) is 0 Å². The maximum absolute atomic E-state index is 12.2. The topological polar surface area (TPSA) is 181 Å². The number of ether oxygens (including phenoxy) is 4. The van der Waals surface area contributed by atoms with Crippen LogP contribution < -0.4 is 34.4 Å². The van der Waals surface area contributed by atoms with E-state index in [9.17, 15) is 15.0 Å². The number of amides is 1. The first-order chi connectivity index (χ1) is 39.2. The molecule has 2 atom stereocenters. The predicted molar refractivity (Wildman–Crippen MR) is 313 cm³/mol. The van der Waals surface area contributed by atoms with E-state index in [2.05, 4.69) is 59.5 Å². The average Bonchev–Trinajstić information content (AvgIpc) is 4.18. The highest BCUT2D eigenvalue weighted by atomic mass is 16.5. The van der Waals surface area contributed by atoms with Crippen molar-refractivity contribution < 1.29 is 34.0 Å². The number of benzene rings is 4. The van der Waals surface area contributed by atoms with Crippen molar-refractivity contribution in [2.24, 2.45) is 0 Å². The first-order valence-electron chi connectivity index (χ1n) is 28.8. The number of aromatic hydroxyl groups is 2. The van der Waals surface area contributed by atoms with Crippen LogP contribution in [0, 0.1) is 0 Å². The second-order valence-corrected chi connectivity index (χ2v) is 21.8. The summed E-state index contributed by atoms with van der Waals surface area (Å²) in [6.45, 7) is 19.4. The number of phenols is 2. The minimum absolute atomic E-state index is 0.0352. The maximum Gasteiger partial charge on any atom is 0.318 e. The van der Waals surface area contributed by atoms with E-state index < -0.39 is 0 Å². The quantitative estimate of drug-likeness (QED) is 0.0902. The van der Waals surface area contributed by atoms with Crippen LogP contribution >= 0.6 is 0 Å². The van der Waals surface area contributed by atoms with Crippen molar-refractivity contribution in [3.05, 3.63) is 108 Å². The molecule has 3 N–H and O–H groups in total. The fraction of sp³-hybridized carbons (Fsp3) is 0.492. The van der Waals surface area contributed by atoms with Crippen LogP contribution in [-0.4, -0.2) is 195 Å². The van der Waals surface area contributed by atoms with E-state index in [-0.39, 0.29) is 17.4 Å². The second kappa shape index (κ2) is 25.6. The molecule has 0 saturated carbocycles. The molecule has 4 aromatic carbocycles. The van der Waals surface area contributed by atoms with Crippen molar-refractivity contribution in [2.45, 2.75) is 63.7 Å². The van der Waals surface area contributed by atoms with Crippen LogP contribution in [0.5, 0.6) is 23.5 Å². The summed E-state index contributed by atoms with van der Waals surface area (Å²) in [6, 6.07) is 25.3. The standard InChI is InChI=1S/C32H40N6O4.C29H38N6O3/c1-3-30(40)36-13-15-37(16-14-36)31-27-10-12-38(29-20-25(39)19-23-7-4-5-9-26(23)29)21-28(27)33-32(34-31)42-22-24-8-6-11-35(24)17-18-41-2;1-37-16-15-33-11-4-6-22(33)20-38-29-31-26-19-35(27-18-23(36)17-21-5-2-3-7-24(21)27)12-8-25(26)28(32-29)34-13-9-30-10-14-34/h3-5,7,9,19-20,24,39H,1,6,8,10-18,21-22H2,2H3;2-3,5,7,17-18,22,30,36H,4,6,8-16,19-20H2,1H3/t24-;22-/m00/s1. The Hall–Kier alpha value is -7.03. The van der Waals surface area contributed by atoms with Crippen molar-refractivity contribution in [1.29, 1.82) is 0 Å². The van der Waals surface area contributed by atoms with E-state index >= 15 is 0 Å². The monoisotopic (exact) mass is 1090 g/mol. The number of piperazine rings is 2. The number of fused-ring (bicyclic) bond motifs is 4. The summed E-state index contributed by atoms with van der Waals surface area (Å²) in [5.74, 6) is 2.43. The molecule has 12 rings (SSSR count). The number of carbonyl (C=O) groups excluding carboxylic acids is 1. The molecule has 0 unspecified atom stereocenters. The Kier molecular flexibility index (Phi) is 17.6. The number of aromatic nitrogens is 4. The largest absolute Gasteiger partial charge is 0.508 e. The normalized spacial score (nSPS) is 19.7. The van der Waals surface area contributed by atoms with Gasteiger partial charge in [-0.1, -0.05) is 55.1 Å². The van der Waals surface area contributed by atoms with Crippen LogP contribution in [0.2, 0.25) is 0 Å². The van der Waals surface area contributed by atoms with Crippen molar-refractivity contribution in [2.75, 3.05) is 152 Å². The predicted octanol–water partition coefficient (Wildman–Crippen LogP) is 6.02. The lowest BCUT2D eigenvalue weighted by atomic mass is 10.0. The zero-order chi connectivity index (χ0) is 55.0. The molecule has 0 aliphatic carbocycles. The molecule has 424 valence electrons. The molecule has 1 amide bonds. The van der Waals surface area contributed by atoms with Crippen LogP contribution in [0.4, 0.5) is 23.0 Å². The molecule has 4 fully saturated rings. The zero-order valence-electron chi connectivity index (χ0n) is 46.6. The number of anilines is 4. The van der Waals surface area contributed by atoms with Gasteiger partial charge in [0.15, 0.2) is 0 Å². The van der Waals surface area contributed by atoms with Gasteiger partial charge in [-0.2, -0.15) is 19.9 Å². The van der Waals surface area contributed by atoms with Gasteiger partial charge in [-0.05, 0) is 80.6 Å². The summed E-state index contributed by atoms with van der Waals surface area (Å²) in [5, 5.41) is 28.7. The number of phenolic OH excluding ortho intramolecular Hbond substituents is 2. The number of hydrogen-bond acceptors (Lipinski definition) is 18. The molecule has 6 aromatic rings. The summed E-state index contributed by atoms with van der Waals surface area (Å²) < 4.78 is 23.3. The SMILES string of the molecule is C=CC(=O)N1CCN(c2nc(OC[C@@H]3CCCN3CCOC)nc3c2CCN(c2cc(O)cc4ccccc24)C3)CC1.COCCN1CCC[C@H]1COc1nc2c(c(N3CCNCC3)n1)CCN(c1cc(O)cc3ccccc13)C2. The molecule has 8 heterocycles. The Morgan fingerprint density at radius 3 is 1.56 bits per heavy atom. The third kappa shape index (κ3) is 12.5. The van der Waals surface area contributed by atoms with E-state index in [4.69, 9.17) is 38.9 Å². The minimum Gasteiger partial charge on any atom is -0.508 e. The Labute approximate surface area is 469 Å². The highest BCUT2D eigenvalue weighted by Gasteiger charge is 2.33. The van der Waals surface area contributed by atoms with Gasteiger partial charge in [0.1, 0.15) is 36.3 Å². The summed E-state index contributed by atoms with van der Waals surface area (Å²) in [7, 11) is 3.49. The number of nitrogens with one attached hydrogen (secondary N) is 1. The Balaban J connectivity index is 0.000000170. The van der Waals surface area contributed by atoms with Crippen molar-refractivity contribution >= 4 is 50.5 Å². The molecular formula is C61H78N12O7. The number of nitrogens with zero attached hydrogens (tertiary/aromatic N) is 11. The number of hydrogen-bond donors (Lipinski definition) is 3. The fourth-order valence-corrected chi connectivity index (χ4v) is 12.6. The number of likely N-dealkylation sites (tertiary alicyclic amines) is 2. The Bertz CT molecular complexity index is 3120. The molecule has 4 saturated heterocycles. The van der Waals surface area contributed by atoms with Crippen LogP contribution in [0.25, 0.3) is 21.5 Å². The van der Waals surface area contributed by atoms with Crippen LogP contribution in [0.3, 0.4) is 0 Å². The highest BCUT2D eigenvalue weighted by Crippen LogP contribution is 2.39. The van der Waals surface area contributed by atoms with Gasteiger partial charge in [0.05, 0.1) is 37.7 Å². The molecule has 19 heteroatoms. The smallest absolute Gasteiger partial charge is 0.318 e. The number of methoxy groups -OCH3 is 2. The lowest BCUT2D eigenvalue weighted by Crippen LogP contribution is -2.49. The highest BCUT2D eigenvalue weighted by molar-refractivity contribution is 5.97. The maximum atomic E-state index is 12.2. The molecule has 19 nitrogen and oxygen atoms in total. The van der Waals surface area contributed by atoms with E-state index in [0.717, 1.165) is 166 Å². The van der Waals surface area contributed by atoms with Crippen LogP contribution in [0.15, 0.2) is 85.5 Å². The molecule has 80 heavy (non-hydrogen) atoms. The summed E-state index contributed by atoms with van der Waals surface area (Å²) in [4.78, 5) is 48.1. The van der Waals surface area contributed by atoms with Gasteiger partial charge in [0, 0.05) is 150 Å².